The molecule has 0 bridgehead atoms. The van der Waals surface area contributed by atoms with Gasteiger partial charge in [0, 0.05) is 6.42 Å². The molecule has 0 radical (unpaired) electrons. The Morgan fingerprint density at radius 1 is 0.939 bits per heavy atom. The van der Waals surface area contributed by atoms with Crippen molar-refractivity contribution >= 4 is 53.1 Å². The third-order valence-corrected chi connectivity index (χ3v) is 6.45. The first kappa shape index (κ1) is 29.0. The van der Waals surface area contributed by atoms with Crippen LogP contribution in [0.15, 0.2) is 0 Å². The number of thioether (sulfide) groups is 2. The van der Waals surface area contributed by atoms with E-state index in [4.69, 9.17) is 5.73 Å². The van der Waals surface area contributed by atoms with Gasteiger partial charge in [-0.05, 0) is 62.7 Å². The lowest BCUT2D eigenvalue weighted by atomic mass is 10.1. The zero-order valence-corrected chi connectivity index (χ0v) is 20.7. The van der Waals surface area contributed by atoms with Gasteiger partial charge in [-0.25, -0.2) is 4.79 Å². The number of nitrogens with one attached hydrogen (secondary N) is 4. The number of carboxylic acids is 1. The van der Waals surface area contributed by atoms with Crippen LogP contribution >= 0.6 is 23.5 Å². The standard InChI is InChI=1S/C20H35N5O6S2/c1-32-10-7-13(23-17(27)12-4-3-9-22-12)18(28)24-14(8-11-33-2)19(29)25-15(20(30)31)5-6-16(21)26/h12-15,22H,3-11H2,1-2H3,(H2,21,26)(H,23,27)(H,24,28)(H,25,29)(H,30,31). The summed E-state index contributed by atoms with van der Waals surface area (Å²) in [5, 5.41) is 20.3. The molecule has 0 aliphatic carbocycles. The zero-order valence-electron chi connectivity index (χ0n) is 19.1. The van der Waals surface area contributed by atoms with Crippen molar-refractivity contribution in [1.82, 2.24) is 21.3 Å². The van der Waals surface area contributed by atoms with Gasteiger partial charge in [-0.1, -0.05) is 0 Å². The number of carbonyl (C=O) groups is 5. The smallest absolute Gasteiger partial charge is 0.326 e. The molecule has 0 aromatic rings. The Balaban J connectivity index is 2.86. The minimum Gasteiger partial charge on any atom is -0.480 e. The number of aliphatic carboxylic acids is 1. The van der Waals surface area contributed by atoms with Gasteiger partial charge < -0.3 is 32.1 Å². The molecule has 4 unspecified atom stereocenters. The highest BCUT2D eigenvalue weighted by Crippen LogP contribution is 2.09. The fourth-order valence-electron chi connectivity index (χ4n) is 3.28. The van der Waals surface area contributed by atoms with Gasteiger partial charge in [0.2, 0.25) is 23.6 Å². The van der Waals surface area contributed by atoms with Crippen molar-refractivity contribution in [3.8, 4) is 0 Å². The third-order valence-electron chi connectivity index (χ3n) is 5.16. The summed E-state index contributed by atoms with van der Waals surface area (Å²) in [7, 11) is 0. The van der Waals surface area contributed by atoms with E-state index in [1.165, 1.54) is 23.5 Å². The Morgan fingerprint density at radius 2 is 1.48 bits per heavy atom. The Hall–Kier alpha value is -1.99. The van der Waals surface area contributed by atoms with Crippen molar-refractivity contribution in [1.29, 1.82) is 0 Å². The number of carbonyl (C=O) groups excluding carboxylic acids is 4. The van der Waals surface area contributed by atoms with Crippen LogP contribution in [0.3, 0.4) is 0 Å². The first-order chi connectivity index (χ1) is 15.7. The van der Waals surface area contributed by atoms with Crippen LogP contribution in [-0.2, 0) is 24.0 Å². The molecule has 1 rings (SSSR count). The molecule has 4 atom stereocenters. The van der Waals surface area contributed by atoms with Crippen LogP contribution in [0, 0.1) is 0 Å². The lowest BCUT2D eigenvalue weighted by Crippen LogP contribution is -2.57. The van der Waals surface area contributed by atoms with E-state index in [2.05, 4.69) is 21.3 Å². The van der Waals surface area contributed by atoms with Crippen molar-refractivity contribution < 1.29 is 29.1 Å². The number of hydrogen-bond donors (Lipinski definition) is 6. The lowest BCUT2D eigenvalue weighted by Gasteiger charge is -2.25. The molecule has 1 saturated heterocycles. The van der Waals surface area contributed by atoms with E-state index in [1.807, 2.05) is 12.5 Å². The van der Waals surface area contributed by atoms with Gasteiger partial charge in [-0.15, -0.1) is 0 Å². The Bertz CT molecular complexity index is 690. The van der Waals surface area contributed by atoms with E-state index >= 15 is 0 Å². The second-order valence-electron chi connectivity index (χ2n) is 7.74. The second-order valence-corrected chi connectivity index (χ2v) is 9.71. The van der Waals surface area contributed by atoms with Crippen LogP contribution in [-0.4, -0.2) is 89.4 Å². The van der Waals surface area contributed by atoms with Gasteiger partial charge in [-0.3, -0.25) is 19.2 Å². The molecule has 4 amide bonds. The zero-order chi connectivity index (χ0) is 24.8. The fourth-order valence-corrected chi connectivity index (χ4v) is 4.22. The Labute approximate surface area is 202 Å². The summed E-state index contributed by atoms with van der Waals surface area (Å²) in [6, 6.07) is -3.45. The average molecular weight is 506 g/mol. The summed E-state index contributed by atoms with van der Waals surface area (Å²) in [5.41, 5.74) is 5.08. The minimum atomic E-state index is -1.31. The second kappa shape index (κ2) is 15.8. The molecule has 1 aliphatic heterocycles. The molecule has 0 saturated carbocycles. The molecule has 13 heteroatoms. The van der Waals surface area contributed by atoms with Gasteiger partial charge in [0.25, 0.3) is 0 Å². The summed E-state index contributed by atoms with van der Waals surface area (Å²) in [6.07, 6.45) is 5.63. The third kappa shape index (κ3) is 11.1. The number of hydrogen-bond acceptors (Lipinski definition) is 8. The molecular formula is C20H35N5O6S2. The number of rotatable bonds is 16. The van der Waals surface area contributed by atoms with E-state index in [1.54, 1.807) is 0 Å². The van der Waals surface area contributed by atoms with Crippen molar-refractivity contribution in [2.24, 2.45) is 5.73 Å². The predicted octanol–water partition coefficient (Wildman–Crippen LogP) is -0.951. The average Bonchev–Trinajstić information content (AvgIpc) is 3.31. The number of primary amides is 1. The first-order valence-corrected chi connectivity index (χ1v) is 13.6. The van der Waals surface area contributed by atoms with E-state index in [9.17, 15) is 29.1 Å². The topological polar surface area (TPSA) is 180 Å². The predicted molar refractivity (Wildman–Crippen MR) is 129 cm³/mol. The largest absolute Gasteiger partial charge is 0.480 e. The summed E-state index contributed by atoms with van der Waals surface area (Å²) in [4.78, 5) is 60.8. The van der Waals surface area contributed by atoms with E-state index < -0.39 is 41.8 Å². The fraction of sp³-hybridized carbons (Fsp3) is 0.750. The van der Waals surface area contributed by atoms with Crippen LogP contribution in [0.5, 0.6) is 0 Å². The molecule has 7 N–H and O–H groups in total. The molecule has 1 aliphatic rings. The molecule has 11 nitrogen and oxygen atoms in total. The molecule has 1 fully saturated rings. The minimum absolute atomic E-state index is 0.152. The maximum atomic E-state index is 13.0. The van der Waals surface area contributed by atoms with Crippen LogP contribution in [0.4, 0.5) is 0 Å². The van der Waals surface area contributed by atoms with Gasteiger partial charge in [0.1, 0.15) is 18.1 Å². The Kier molecular flexibility index (Phi) is 13.9. The van der Waals surface area contributed by atoms with Gasteiger partial charge in [0.05, 0.1) is 6.04 Å². The Morgan fingerprint density at radius 3 is 1.94 bits per heavy atom. The van der Waals surface area contributed by atoms with Gasteiger partial charge in [-0.2, -0.15) is 23.5 Å². The normalized spacial score (nSPS) is 18.1. The van der Waals surface area contributed by atoms with Crippen molar-refractivity contribution in [2.45, 2.75) is 62.7 Å². The molecule has 0 aromatic heterocycles. The molecule has 33 heavy (non-hydrogen) atoms. The lowest BCUT2D eigenvalue weighted by molar-refractivity contribution is -0.142. The van der Waals surface area contributed by atoms with Crippen molar-refractivity contribution in [2.75, 3.05) is 30.6 Å². The maximum absolute atomic E-state index is 13.0. The summed E-state index contributed by atoms with van der Waals surface area (Å²) < 4.78 is 0. The summed E-state index contributed by atoms with van der Waals surface area (Å²) in [6.45, 7) is 0.747. The number of nitrogens with two attached hydrogens (primary N) is 1. The SMILES string of the molecule is CSCCC(NC(=O)C(CCSC)NC(=O)C1CCCN1)C(=O)NC(CCC(N)=O)C(=O)O. The highest BCUT2D eigenvalue weighted by molar-refractivity contribution is 7.98. The quantitative estimate of drug-likeness (QED) is 0.154. The van der Waals surface area contributed by atoms with Crippen LogP contribution < -0.4 is 27.0 Å². The van der Waals surface area contributed by atoms with Gasteiger partial charge in [0.15, 0.2) is 0 Å². The summed E-state index contributed by atoms with van der Waals surface area (Å²) >= 11 is 3.01. The van der Waals surface area contributed by atoms with Crippen LogP contribution in [0.25, 0.3) is 0 Å². The molecular weight excluding hydrogens is 470 g/mol. The molecule has 188 valence electrons. The molecule has 0 spiro atoms. The molecule has 0 aromatic carbocycles. The monoisotopic (exact) mass is 505 g/mol. The highest BCUT2D eigenvalue weighted by atomic mass is 32.2. The molecule has 1 heterocycles. The number of carboxylic acid groups (broad SMARTS) is 1. The maximum Gasteiger partial charge on any atom is 0.326 e. The van der Waals surface area contributed by atoms with Crippen LogP contribution in [0.2, 0.25) is 0 Å². The highest BCUT2D eigenvalue weighted by Gasteiger charge is 2.31. The van der Waals surface area contributed by atoms with E-state index in [-0.39, 0.29) is 31.2 Å². The number of amides is 4. The van der Waals surface area contributed by atoms with E-state index in [0.29, 0.717) is 24.3 Å². The first-order valence-electron chi connectivity index (χ1n) is 10.8. The van der Waals surface area contributed by atoms with Gasteiger partial charge >= 0.3 is 5.97 Å². The van der Waals surface area contributed by atoms with Crippen molar-refractivity contribution in [3.63, 3.8) is 0 Å². The van der Waals surface area contributed by atoms with E-state index in [0.717, 1.165) is 13.0 Å². The van der Waals surface area contributed by atoms with Crippen molar-refractivity contribution in [3.05, 3.63) is 0 Å². The van der Waals surface area contributed by atoms with Crippen LogP contribution in [0.1, 0.15) is 38.5 Å². The summed E-state index contributed by atoms with van der Waals surface area (Å²) in [5.74, 6) is -2.21.